The lowest BCUT2D eigenvalue weighted by Crippen LogP contribution is -2.07. The number of hydrogen-bond donors (Lipinski definition) is 1. The number of hydrogen-bond acceptors (Lipinski definition) is 5. The van der Waals surface area contributed by atoms with Gasteiger partial charge in [0.05, 0.1) is 18.1 Å². The summed E-state index contributed by atoms with van der Waals surface area (Å²) in [7, 11) is 2.91. The topological polar surface area (TPSA) is 98.9 Å². The smallest absolute Gasteiger partial charge is 0.342 e. The SMILES string of the molecule is COCc1cc(C(=O)O)c([N+](=O)[O-])cc1COC. The van der Waals surface area contributed by atoms with E-state index in [-0.39, 0.29) is 18.8 Å². The van der Waals surface area contributed by atoms with Crippen molar-refractivity contribution in [1.29, 1.82) is 0 Å². The first-order valence-corrected chi connectivity index (χ1v) is 5.02. The molecule has 0 spiro atoms. The maximum Gasteiger partial charge on any atom is 0.342 e. The summed E-state index contributed by atoms with van der Waals surface area (Å²) >= 11 is 0. The lowest BCUT2D eigenvalue weighted by Gasteiger charge is -2.09. The number of methoxy groups -OCH3 is 2. The largest absolute Gasteiger partial charge is 0.477 e. The highest BCUT2D eigenvalue weighted by molar-refractivity contribution is 5.92. The summed E-state index contributed by atoms with van der Waals surface area (Å²) in [5.41, 5.74) is 0.291. The minimum Gasteiger partial charge on any atom is -0.477 e. The predicted molar refractivity (Wildman–Crippen MR) is 61.5 cm³/mol. The van der Waals surface area contributed by atoms with Crippen LogP contribution in [0.15, 0.2) is 12.1 Å². The van der Waals surface area contributed by atoms with E-state index < -0.39 is 16.6 Å². The Balaban J connectivity index is 3.39. The molecule has 7 heteroatoms. The Kier molecular flexibility index (Phi) is 4.75. The number of nitro groups is 1. The molecule has 1 aromatic rings. The molecule has 0 unspecified atom stereocenters. The standard InChI is InChI=1S/C11H13NO6/c1-17-5-7-3-9(11(13)14)10(12(15)16)4-8(7)6-18-2/h3-4H,5-6H2,1-2H3,(H,13,14). The summed E-state index contributed by atoms with van der Waals surface area (Å²) < 4.78 is 9.86. The molecule has 1 N–H and O–H groups in total. The molecule has 0 fully saturated rings. The predicted octanol–water partition coefficient (Wildman–Crippen LogP) is 1.59. The van der Waals surface area contributed by atoms with Gasteiger partial charge in [-0.05, 0) is 17.2 Å². The molecule has 98 valence electrons. The molecule has 0 radical (unpaired) electrons. The molecule has 0 amide bonds. The van der Waals surface area contributed by atoms with Gasteiger partial charge in [-0.2, -0.15) is 0 Å². The molecule has 1 aromatic carbocycles. The van der Waals surface area contributed by atoms with Crippen LogP contribution in [0.25, 0.3) is 0 Å². The highest BCUT2D eigenvalue weighted by atomic mass is 16.6. The minimum absolute atomic E-state index is 0.152. The fourth-order valence-electron chi connectivity index (χ4n) is 1.58. The number of nitro benzene ring substituents is 1. The number of carboxylic acids is 1. The fraction of sp³-hybridized carbons (Fsp3) is 0.364. The average molecular weight is 255 g/mol. The molecule has 0 aliphatic heterocycles. The first-order chi connectivity index (χ1) is 8.51. The first kappa shape index (κ1) is 14.1. The van der Waals surface area contributed by atoms with Crippen LogP contribution in [0.4, 0.5) is 5.69 Å². The molecule has 0 heterocycles. The molecule has 0 aromatic heterocycles. The highest BCUT2D eigenvalue weighted by Gasteiger charge is 2.22. The van der Waals surface area contributed by atoms with Crippen molar-refractivity contribution in [1.82, 2.24) is 0 Å². The van der Waals surface area contributed by atoms with Crippen LogP contribution in [0.5, 0.6) is 0 Å². The van der Waals surface area contributed by atoms with Crippen LogP contribution < -0.4 is 0 Å². The summed E-state index contributed by atoms with van der Waals surface area (Å²) in [6.07, 6.45) is 0. The summed E-state index contributed by atoms with van der Waals surface area (Å²) in [6, 6.07) is 2.46. The second-order valence-corrected chi connectivity index (χ2v) is 3.57. The Hall–Kier alpha value is -1.99. The van der Waals surface area contributed by atoms with Crippen LogP contribution >= 0.6 is 0 Å². The van der Waals surface area contributed by atoms with E-state index in [9.17, 15) is 14.9 Å². The molecular formula is C11H13NO6. The first-order valence-electron chi connectivity index (χ1n) is 5.02. The number of aromatic carboxylic acids is 1. The second-order valence-electron chi connectivity index (χ2n) is 3.57. The van der Waals surface area contributed by atoms with Crippen LogP contribution in [0.1, 0.15) is 21.5 Å². The van der Waals surface area contributed by atoms with Gasteiger partial charge in [-0.1, -0.05) is 0 Å². The van der Waals surface area contributed by atoms with Gasteiger partial charge in [-0.15, -0.1) is 0 Å². The van der Waals surface area contributed by atoms with E-state index in [1.54, 1.807) is 0 Å². The molecule has 18 heavy (non-hydrogen) atoms. The van der Waals surface area contributed by atoms with Crippen molar-refractivity contribution in [3.05, 3.63) is 38.9 Å². The fourth-order valence-corrected chi connectivity index (χ4v) is 1.58. The lowest BCUT2D eigenvalue weighted by molar-refractivity contribution is -0.385. The van der Waals surface area contributed by atoms with Crippen molar-refractivity contribution in [3.63, 3.8) is 0 Å². The minimum atomic E-state index is -1.34. The number of carbonyl (C=O) groups is 1. The number of benzene rings is 1. The summed E-state index contributed by atoms with van der Waals surface area (Å²) in [5.74, 6) is -1.34. The van der Waals surface area contributed by atoms with Crippen LogP contribution in [0, 0.1) is 10.1 Å². The maximum atomic E-state index is 11.0. The van der Waals surface area contributed by atoms with Crippen LogP contribution in [-0.4, -0.2) is 30.2 Å². The third-order valence-electron chi connectivity index (χ3n) is 2.34. The Morgan fingerprint density at radius 3 is 2.17 bits per heavy atom. The summed E-state index contributed by atoms with van der Waals surface area (Å²) in [6.45, 7) is 0.316. The Morgan fingerprint density at radius 1 is 1.28 bits per heavy atom. The molecule has 0 aliphatic rings. The van der Waals surface area contributed by atoms with Gasteiger partial charge in [0.15, 0.2) is 0 Å². The third-order valence-corrected chi connectivity index (χ3v) is 2.34. The second kappa shape index (κ2) is 6.08. The van der Waals surface area contributed by atoms with Crippen molar-refractivity contribution < 1.29 is 24.3 Å². The number of nitrogens with zero attached hydrogens (tertiary/aromatic N) is 1. The molecule has 0 saturated carbocycles. The number of ether oxygens (including phenoxy) is 2. The van der Waals surface area contributed by atoms with E-state index in [0.29, 0.717) is 11.1 Å². The van der Waals surface area contributed by atoms with Gasteiger partial charge in [0.1, 0.15) is 5.56 Å². The molecular weight excluding hydrogens is 242 g/mol. The molecule has 0 aliphatic carbocycles. The Bertz CT molecular complexity index is 428. The van der Waals surface area contributed by atoms with E-state index in [0.717, 1.165) is 0 Å². The van der Waals surface area contributed by atoms with E-state index >= 15 is 0 Å². The Morgan fingerprint density at radius 2 is 1.78 bits per heavy atom. The van der Waals surface area contributed by atoms with Crippen molar-refractivity contribution >= 4 is 11.7 Å². The summed E-state index contributed by atoms with van der Waals surface area (Å²) in [4.78, 5) is 21.1. The normalized spacial score (nSPS) is 10.3. The third kappa shape index (κ3) is 3.02. The van der Waals surface area contributed by atoms with E-state index in [1.807, 2.05) is 0 Å². The molecule has 0 bridgehead atoms. The van der Waals surface area contributed by atoms with Gasteiger partial charge >= 0.3 is 5.97 Å². The molecule has 0 saturated heterocycles. The lowest BCUT2D eigenvalue weighted by atomic mass is 10.0. The monoisotopic (exact) mass is 255 g/mol. The zero-order valence-electron chi connectivity index (χ0n) is 10.0. The highest BCUT2D eigenvalue weighted by Crippen LogP contribution is 2.25. The Labute approximate surface area is 103 Å². The number of carboxylic acid groups (broad SMARTS) is 1. The molecule has 7 nitrogen and oxygen atoms in total. The van der Waals surface area contributed by atoms with Gasteiger partial charge in [-0.25, -0.2) is 4.79 Å². The van der Waals surface area contributed by atoms with Crippen LogP contribution in [-0.2, 0) is 22.7 Å². The van der Waals surface area contributed by atoms with Gasteiger partial charge in [0.2, 0.25) is 0 Å². The van der Waals surface area contributed by atoms with Crippen molar-refractivity contribution in [3.8, 4) is 0 Å². The van der Waals surface area contributed by atoms with Crippen LogP contribution in [0.3, 0.4) is 0 Å². The summed E-state index contributed by atoms with van der Waals surface area (Å²) in [5, 5.41) is 19.8. The van der Waals surface area contributed by atoms with E-state index in [1.165, 1.54) is 26.4 Å². The van der Waals surface area contributed by atoms with Crippen molar-refractivity contribution in [2.45, 2.75) is 13.2 Å². The van der Waals surface area contributed by atoms with Gasteiger partial charge in [-0.3, -0.25) is 10.1 Å². The van der Waals surface area contributed by atoms with Crippen molar-refractivity contribution in [2.75, 3.05) is 14.2 Å². The van der Waals surface area contributed by atoms with Gasteiger partial charge in [0.25, 0.3) is 5.69 Å². The zero-order valence-corrected chi connectivity index (χ0v) is 10.0. The van der Waals surface area contributed by atoms with Crippen molar-refractivity contribution in [2.24, 2.45) is 0 Å². The quantitative estimate of drug-likeness (QED) is 0.612. The van der Waals surface area contributed by atoms with Crippen LogP contribution in [0.2, 0.25) is 0 Å². The van der Waals surface area contributed by atoms with E-state index in [2.05, 4.69) is 0 Å². The number of rotatable bonds is 6. The van der Waals surface area contributed by atoms with Gasteiger partial charge in [0, 0.05) is 20.3 Å². The molecule has 1 rings (SSSR count). The van der Waals surface area contributed by atoms with E-state index in [4.69, 9.17) is 14.6 Å². The molecule has 0 atom stereocenters. The maximum absolute atomic E-state index is 11.0. The average Bonchev–Trinajstić information content (AvgIpc) is 2.30. The van der Waals surface area contributed by atoms with Gasteiger partial charge < -0.3 is 14.6 Å². The zero-order chi connectivity index (χ0) is 13.7.